The Morgan fingerprint density at radius 1 is 0.511 bits per heavy atom. The van der Waals surface area contributed by atoms with Gasteiger partial charge in [0.25, 0.3) is 0 Å². The van der Waals surface area contributed by atoms with Crippen LogP contribution in [-0.2, 0) is 47.5 Å². The van der Waals surface area contributed by atoms with Gasteiger partial charge in [-0.15, -0.1) is 0 Å². The van der Waals surface area contributed by atoms with Gasteiger partial charge in [0.1, 0.15) is 33.4 Å². The van der Waals surface area contributed by atoms with Gasteiger partial charge in [-0.25, -0.2) is 9.59 Å². The first-order valence-electron chi connectivity index (χ1n) is 12.1. The quantitative estimate of drug-likeness (QED) is 0.0944. The topological polar surface area (TPSA) is 116 Å². The molecule has 0 saturated heterocycles. The molecular weight excluding hydrogens is 664 g/mol. The third-order valence-corrected chi connectivity index (χ3v) is 6.05. The Morgan fingerprint density at radius 3 is 1.00 bits per heavy atom. The van der Waals surface area contributed by atoms with Crippen molar-refractivity contribution < 1.29 is 100 Å². The summed E-state index contributed by atoms with van der Waals surface area (Å²) in [5.41, 5.74) is -15.3. The molecule has 0 atom stereocenters. The summed E-state index contributed by atoms with van der Waals surface area (Å²) >= 11 is 0. The average molecular weight is 694 g/mol. The van der Waals surface area contributed by atoms with E-state index >= 15 is 0 Å². The van der Waals surface area contributed by atoms with Crippen LogP contribution in [0, 0.1) is 10.8 Å². The van der Waals surface area contributed by atoms with E-state index in [0.717, 1.165) is 0 Å². The summed E-state index contributed by atoms with van der Waals surface area (Å²) in [6, 6.07) is 0. The molecule has 0 bridgehead atoms. The summed E-state index contributed by atoms with van der Waals surface area (Å²) in [5, 5.41) is 0. The fourth-order valence-corrected chi connectivity index (χ4v) is 2.91. The molecule has 22 heteroatoms. The molecule has 266 valence electrons. The lowest BCUT2D eigenvalue weighted by Crippen LogP contribution is -2.65. The zero-order chi connectivity index (χ0) is 35.9. The maximum Gasteiger partial charge on any atom is 0.437 e. The lowest BCUT2D eigenvalue weighted by atomic mass is 9.90. The fraction of sp³-hybridized carbons (Fsp3) is 0.870. The van der Waals surface area contributed by atoms with Crippen molar-refractivity contribution in [2.75, 3.05) is 47.6 Å². The van der Waals surface area contributed by atoms with Crippen LogP contribution < -0.4 is 0 Å². The third kappa shape index (κ3) is 9.47. The minimum atomic E-state index is -6.57. The molecule has 0 N–H and O–H groups in total. The minimum Gasteiger partial charge on any atom is -0.464 e. The summed E-state index contributed by atoms with van der Waals surface area (Å²) < 4.78 is 192. The SMILES string of the molecule is CCC(C)(C)C(=O)OCC(C)(COC(=O)C(OCOC)(C(F)(F)F)C(F)(F)F)COC(=O)C(OCOC)(C(F)(F)F)C(F)(F)F. The normalized spacial score (nSPS) is 14.3. The second-order valence-electron chi connectivity index (χ2n) is 10.2. The van der Waals surface area contributed by atoms with E-state index < -0.39 is 98.1 Å². The minimum absolute atomic E-state index is 0.0690. The molecule has 0 spiro atoms. The summed E-state index contributed by atoms with van der Waals surface area (Å²) in [6.45, 7) is -3.70. The van der Waals surface area contributed by atoms with Gasteiger partial charge in [0, 0.05) is 14.2 Å². The van der Waals surface area contributed by atoms with Gasteiger partial charge < -0.3 is 33.2 Å². The van der Waals surface area contributed by atoms with Crippen LogP contribution in [0.2, 0.25) is 0 Å². The molecule has 0 amide bonds. The van der Waals surface area contributed by atoms with Gasteiger partial charge in [0.05, 0.1) is 10.8 Å². The lowest BCUT2D eigenvalue weighted by molar-refractivity contribution is -0.380. The van der Waals surface area contributed by atoms with E-state index in [4.69, 9.17) is 4.74 Å². The molecule has 0 aliphatic heterocycles. The van der Waals surface area contributed by atoms with Gasteiger partial charge in [-0.05, 0) is 27.2 Å². The second kappa shape index (κ2) is 14.9. The number of alkyl halides is 12. The van der Waals surface area contributed by atoms with Crippen molar-refractivity contribution in [1.82, 2.24) is 0 Å². The van der Waals surface area contributed by atoms with Crippen LogP contribution in [0.1, 0.15) is 34.1 Å². The van der Waals surface area contributed by atoms with E-state index in [1.54, 1.807) is 0 Å². The van der Waals surface area contributed by atoms with Gasteiger partial charge in [-0.2, -0.15) is 52.7 Å². The predicted octanol–water partition coefficient (Wildman–Crippen LogP) is 5.03. The van der Waals surface area contributed by atoms with Gasteiger partial charge in [0.2, 0.25) is 0 Å². The Labute approximate surface area is 247 Å². The molecule has 0 aromatic carbocycles. The zero-order valence-electron chi connectivity index (χ0n) is 24.4. The van der Waals surface area contributed by atoms with Crippen LogP contribution >= 0.6 is 0 Å². The number of ether oxygens (including phenoxy) is 7. The van der Waals surface area contributed by atoms with Crippen LogP contribution in [0.4, 0.5) is 52.7 Å². The molecule has 0 aromatic heterocycles. The Bertz CT molecular complexity index is 915. The number of hydrogen-bond acceptors (Lipinski definition) is 10. The monoisotopic (exact) mass is 694 g/mol. The van der Waals surface area contributed by atoms with Crippen LogP contribution in [0.25, 0.3) is 0 Å². The van der Waals surface area contributed by atoms with Gasteiger partial charge in [-0.3, -0.25) is 4.79 Å². The van der Waals surface area contributed by atoms with Crippen molar-refractivity contribution in [3.63, 3.8) is 0 Å². The maximum atomic E-state index is 13.6. The Hall–Kier alpha value is -2.59. The molecule has 0 aliphatic rings. The summed E-state index contributed by atoms with van der Waals surface area (Å²) in [6.07, 6.45) is -26.2. The molecule has 45 heavy (non-hydrogen) atoms. The van der Waals surface area contributed by atoms with Crippen LogP contribution in [0.3, 0.4) is 0 Å². The van der Waals surface area contributed by atoms with Crippen molar-refractivity contribution in [1.29, 1.82) is 0 Å². The number of rotatable bonds is 16. The van der Waals surface area contributed by atoms with E-state index in [9.17, 15) is 67.1 Å². The number of carbonyl (C=O) groups is 3. The van der Waals surface area contributed by atoms with E-state index in [1.165, 1.54) is 20.8 Å². The second-order valence-corrected chi connectivity index (χ2v) is 10.2. The lowest BCUT2D eigenvalue weighted by Gasteiger charge is -2.37. The molecule has 0 fully saturated rings. The molecule has 10 nitrogen and oxygen atoms in total. The smallest absolute Gasteiger partial charge is 0.437 e. The van der Waals surface area contributed by atoms with E-state index in [0.29, 0.717) is 21.1 Å². The zero-order valence-corrected chi connectivity index (χ0v) is 24.4. The first-order valence-corrected chi connectivity index (χ1v) is 12.1. The molecule has 0 heterocycles. The molecule has 0 aromatic rings. The molecule has 0 radical (unpaired) electrons. The summed E-state index contributed by atoms with van der Waals surface area (Å²) in [7, 11) is 1.19. The first kappa shape index (κ1) is 42.4. The molecule has 0 rings (SSSR count). The molecule has 0 aliphatic carbocycles. The van der Waals surface area contributed by atoms with Crippen molar-refractivity contribution in [2.24, 2.45) is 10.8 Å². The number of methoxy groups -OCH3 is 2. The maximum absolute atomic E-state index is 13.6. The standard InChI is InChI=1S/C23H30F12O10/c1-7-16(2,3)13(36)41-8-17(4,9-42-14(37)18(20(24,25)26,21(27,28)29)44-11-39-5)10-43-15(38)19(22(30,31)32,23(33,34)35)45-12-40-6/h7-12H2,1-6H3. The Balaban J connectivity index is 6.69. The summed E-state index contributed by atoms with van der Waals surface area (Å²) in [5.74, 6) is -7.54. The highest BCUT2D eigenvalue weighted by Crippen LogP contribution is 2.48. The van der Waals surface area contributed by atoms with Crippen molar-refractivity contribution in [2.45, 2.75) is 70.0 Å². The Morgan fingerprint density at radius 2 is 0.778 bits per heavy atom. The number of carbonyl (C=O) groups excluding carboxylic acids is 3. The van der Waals surface area contributed by atoms with Crippen LogP contribution in [-0.4, -0.2) is 101 Å². The van der Waals surface area contributed by atoms with E-state index in [1.807, 2.05) is 0 Å². The van der Waals surface area contributed by atoms with Crippen molar-refractivity contribution in [3.8, 4) is 0 Å². The number of halogens is 12. The van der Waals surface area contributed by atoms with Crippen LogP contribution in [0.15, 0.2) is 0 Å². The average Bonchev–Trinajstić information content (AvgIpc) is 2.87. The highest BCUT2D eigenvalue weighted by Gasteiger charge is 2.80. The number of hydrogen-bond donors (Lipinski definition) is 0. The first-order chi connectivity index (χ1) is 20.1. The highest BCUT2D eigenvalue weighted by molar-refractivity contribution is 5.83. The predicted molar refractivity (Wildman–Crippen MR) is 121 cm³/mol. The largest absolute Gasteiger partial charge is 0.464 e. The fourth-order valence-electron chi connectivity index (χ4n) is 2.91. The third-order valence-electron chi connectivity index (χ3n) is 6.05. The van der Waals surface area contributed by atoms with Crippen molar-refractivity contribution in [3.05, 3.63) is 0 Å². The highest BCUT2D eigenvalue weighted by atomic mass is 19.4. The summed E-state index contributed by atoms with van der Waals surface area (Å²) in [4.78, 5) is 37.1. The van der Waals surface area contributed by atoms with E-state index in [2.05, 4.69) is 28.4 Å². The number of esters is 3. The molecule has 0 unspecified atom stereocenters. The Kier molecular flexibility index (Phi) is 14.0. The van der Waals surface area contributed by atoms with Gasteiger partial charge >= 0.3 is 53.8 Å². The van der Waals surface area contributed by atoms with E-state index in [-0.39, 0.29) is 6.42 Å². The molecule has 0 saturated carbocycles. The van der Waals surface area contributed by atoms with Gasteiger partial charge in [-0.1, -0.05) is 6.92 Å². The van der Waals surface area contributed by atoms with Crippen molar-refractivity contribution >= 4 is 17.9 Å². The van der Waals surface area contributed by atoms with Gasteiger partial charge in [0.15, 0.2) is 0 Å². The molecular formula is C23H30F12O10. The van der Waals surface area contributed by atoms with Crippen LogP contribution in [0.5, 0.6) is 0 Å².